The number of hydrogen-bond acceptors (Lipinski definition) is 2. The molecule has 21 heavy (non-hydrogen) atoms. The van der Waals surface area contributed by atoms with Crippen LogP contribution < -0.4 is 5.32 Å². The fourth-order valence-electron chi connectivity index (χ4n) is 1.98. The van der Waals surface area contributed by atoms with Gasteiger partial charge in [-0.05, 0) is 44.5 Å². The molecule has 2 rings (SSSR count). The third-order valence-corrected chi connectivity index (χ3v) is 3.59. The lowest BCUT2D eigenvalue weighted by molar-refractivity contribution is 0.573. The molecule has 3 nitrogen and oxygen atoms in total. The number of halogens is 3. The fourth-order valence-corrected chi connectivity index (χ4v) is 2.10. The van der Waals surface area contributed by atoms with E-state index in [-0.39, 0.29) is 24.8 Å². The molecule has 0 bridgehead atoms. The van der Waals surface area contributed by atoms with Crippen molar-refractivity contribution < 1.29 is 0 Å². The summed E-state index contributed by atoms with van der Waals surface area (Å²) in [6, 6.07) is 7.96. The Labute approximate surface area is 143 Å². The molecule has 2 aromatic rings. The first-order valence-corrected chi connectivity index (χ1v) is 6.98. The first-order valence-electron chi connectivity index (χ1n) is 6.60. The van der Waals surface area contributed by atoms with E-state index in [0.717, 1.165) is 36.8 Å². The highest BCUT2D eigenvalue weighted by Gasteiger charge is 2.00. The van der Waals surface area contributed by atoms with E-state index < -0.39 is 0 Å². The second kappa shape index (κ2) is 10.1. The number of benzene rings is 1. The van der Waals surface area contributed by atoms with Crippen LogP contribution in [0.15, 0.2) is 30.6 Å². The predicted octanol–water partition coefficient (Wildman–Crippen LogP) is 4.18. The van der Waals surface area contributed by atoms with Gasteiger partial charge in [0.2, 0.25) is 0 Å². The normalized spacial score (nSPS) is 9.86. The molecule has 1 heterocycles. The summed E-state index contributed by atoms with van der Waals surface area (Å²) in [5.74, 6) is 0. The molecule has 118 valence electrons. The molecule has 0 aliphatic heterocycles. The van der Waals surface area contributed by atoms with E-state index in [1.807, 2.05) is 25.4 Å². The summed E-state index contributed by atoms with van der Waals surface area (Å²) in [6.07, 6.45) is 3.02. The standard InChI is InChI=1S/C15H20ClN3.2ClH/c1-12-13(2)19(11-18-12)9-3-8-17-10-14-4-6-15(16)7-5-14;;/h4-7,11,17H,3,8-10H2,1-2H3;2*1H. The van der Waals surface area contributed by atoms with Crippen molar-refractivity contribution in [2.75, 3.05) is 6.54 Å². The monoisotopic (exact) mass is 349 g/mol. The Morgan fingerprint density at radius 3 is 2.38 bits per heavy atom. The summed E-state index contributed by atoms with van der Waals surface area (Å²) in [4.78, 5) is 4.30. The first-order chi connectivity index (χ1) is 9.16. The van der Waals surface area contributed by atoms with Crippen LogP contribution in [0.4, 0.5) is 0 Å². The zero-order valence-electron chi connectivity index (χ0n) is 12.3. The van der Waals surface area contributed by atoms with Gasteiger partial charge in [0.1, 0.15) is 0 Å². The fraction of sp³-hybridized carbons (Fsp3) is 0.400. The van der Waals surface area contributed by atoms with E-state index >= 15 is 0 Å². The van der Waals surface area contributed by atoms with Crippen LogP contribution in [0.3, 0.4) is 0 Å². The van der Waals surface area contributed by atoms with Crippen molar-refractivity contribution in [3.63, 3.8) is 0 Å². The van der Waals surface area contributed by atoms with Gasteiger partial charge in [0.25, 0.3) is 0 Å². The predicted molar refractivity (Wildman–Crippen MR) is 94.0 cm³/mol. The summed E-state index contributed by atoms with van der Waals surface area (Å²) in [5, 5.41) is 4.23. The molecule has 0 fully saturated rings. The van der Waals surface area contributed by atoms with Gasteiger partial charge in [-0.1, -0.05) is 23.7 Å². The van der Waals surface area contributed by atoms with Crippen molar-refractivity contribution in [2.24, 2.45) is 0 Å². The van der Waals surface area contributed by atoms with Crippen molar-refractivity contribution in [2.45, 2.75) is 33.4 Å². The van der Waals surface area contributed by atoms with Crippen molar-refractivity contribution in [3.05, 3.63) is 52.6 Å². The maximum Gasteiger partial charge on any atom is 0.0951 e. The Kier molecular flexibility index (Phi) is 9.71. The second-order valence-electron chi connectivity index (χ2n) is 4.77. The minimum atomic E-state index is 0. The molecule has 1 aromatic heterocycles. The highest BCUT2D eigenvalue weighted by Crippen LogP contribution is 2.09. The number of aryl methyl sites for hydroxylation is 2. The minimum absolute atomic E-state index is 0. The van der Waals surface area contributed by atoms with Crippen LogP contribution in [0.1, 0.15) is 23.4 Å². The maximum absolute atomic E-state index is 5.85. The minimum Gasteiger partial charge on any atom is -0.335 e. The van der Waals surface area contributed by atoms with E-state index in [2.05, 4.69) is 33.9 Å². The second-order valence-corrected chi connectivity index (χ2v) is 5.20. The topological polar surface area (TPSA) is 29.9 Å². The van der Waals surface area contributed by atoms with Crippen LogP contribution in [-0.2, 0) is 13.1 Å². The Balaban J connectivity index is 0.00000200. The van der Waals surface area contributed by atoms with E-state index in [1.165, 1.54) is 11.3 Å². The smallest absolute Gasteiger partial charge is 0.0951 e. The molecule has 0 radical (unpaired) electrons. The van der Waals surface area contributed by atoms with Crippen molar-refractivity contribution >= 4 is 36.4 Å². The number of rotatable bonds is 6. The van der Waals surface area contributed by atoms with Crippen molar-refractivity contribution in [3.8, 4) is 0 Å². The molecule has 0 amide bonds. The maximum atomic E-state index is 5.85. The van der Waals surface area contributed by atoms with Crippen LogP contribution in [0.2, 0.25) is 5.02 Å². The summed E-state index contributed by atoms with van der Waals surface area (Å²) >= 11 is 5.85. The molecule has 0 atom stereocenters. The molecule has 0 aliphatic carbocycles. The number of hydrogen-bond donors (Lipinski definition) is 1. The summed E-state index contributed by atoms with van der Waals surface area (Å²) < 4.78 is 2.21. The summed E-state index contributed by atoms with van der Waals surface area (Å²) in [6.45, 7) is 7.06. The molecule has 0 unspecified atom stereocenters. The van der Waals surface area contributed by atoms with Crippen LogP contribution >= 0.6 is 36.4 Å². The molecule has 0 spiro atoms. The van der Waals surface area contributed by atoms with Gasteiger partial charge in [-0.25, -0.2) is 4.98 Å². The molecule has 1 aromatic carbocycles. The number of aromatic nitrogens is 2. The quantitative estimate of drug-likeness (QED) is 0.792. The average Bonchev–Trinajstić information content (AvgIpc) is 2.72. The van der Waals surface area contributed by atoms with E-state index in [4.69, 9.17) is 11.6 Å². The summed E-state index contributed by atoms with van der Waals surface area (Å²) in [7, 11) is 0. The molecule has 0 saturated carbocycles. The van der Waals surface area contributed by atoms with Gasteiger partial charge in [0.05, 0.1) is 12.0 Å². The van der Waals surface area contributed by atoms with E-state index in [9.17, 15) is 0 Å². The van der Waals surface area contributed by atoms with Gasteiger partial charge in [-0.2, -0.15) is 0 Å². The molecule has 0 saturated heterocycles. The lowest BCUT2D eigenvalue weighted by Gasteiger charge is -2.07. The third-order valence-electron chi connectivity index (χ3n) is 3.34. The van der Waals surface area contributed by atoms with Crippen LogP contribution in [0.25, 0.3) is 0 Å². The lowest BCUT2D eigenvalue weighted by Crippen LogP contribution is -2.16. The lowest BCUT2D eigenvalue weighted by atomic mass is 10.2. The SMILES string of the molecule is Cc1ncn(CCCNCc2ccc(Cl)cc2)c1C.Cl.Cl. The molecule has 0 aliphatic rings. The Hall–Kier alpha value is -0.740. The molecule has 1 N–H and O–H groups in total. The van der Waals surface area contributed by atoms with Gasteiger partial charge < -0.3 is 9.88 Å². The Morgan fingerprint density at radius 1 is 1.14 bits per heavy atom. The molecular formula is C15H22Cl3N3. The number of imidazole rings is 1. The number of nitrogens with zero attached hydrogens (tertiary/aromatic N) is 2. The number of nitrogens with one attached hydrogen (secondary N) is 1. The van der Waals surface area contributed by atoms with Gasteiger partial charge in [0.15, 0.2) is 0 Å². The largest absolute Gasteiger partial charge is 0.335 e. The van der Waals surface area contributed by atoms with Crippen LogP contribution in [0.5, 0.6) is 0 Å². The Morgan fingerprint density at radius 2 is 1.81 bits per heavy atom. The van der Waals surface area contributed by atoms with Crippen molar-refractivity contribution in [1.82, 2.24) is 14.9 Å². The molecular weight excluding hydrogens is 329 g/mol. The van der Waals surface area contributed by atoms with Gasteiger partial charge in [-0.3, -0.25) is 0 Å². The van der Waals surface area contributed by atoms with Gasteiger partial charge in [0, 0.05) is 23.8 Å². The Bertz CT molecular complexity index is 523. The van der Waals surface area contributed by atoms with E-state index in [0.29, 0.717) is 0 Å². The first kappa shape index (κ1) is 20.3. The molecule has 6 heteroatoms. The zero-order chi connectivity index (χ0) is 13.7. The van der Waals surface area contributed by atoms with Crippen LogP contribution in [0, 0.1) is 13.8 Å². The third kappa shape index (κ3) is 6.27. The van der Waals surface area contributed by atoms with Gasteiger partial charge >= 0.3 is 0 Å². The van der Waals surface area contributed by atoms with E-state index in [1.54, 1.807) is 0 Å². The summed E-state index contributed by atoms with van der Waals surface area (Å²) in [5.41, 5.74) is 3.64. The van der Waals surface area contributed by atoms with Crippen molar-refractivity contribution in [1.29, 1.82) is 0 Å². The van der Waals surface area contributed by atoms with Crippen LogP contribution in [-0.4, -0.2) is 16.1 Å². The highest BCUT2D eigenvalue weighted by molar-refractivity contribution is 6.30. The average molecular weight is 351 g/mol. The highest BCUT2D eigenvalue weighted by atomic mass is 35.5. The zero-order valence-corrected chi connectivity index (χ0v) is 14.7. The van der Waals surface area contributed by atoms with Gasteiger partial charge in [-0.15, -0.1) is 24.8 Å².